The quantitative estimate of drug-likeness (QED) is 0.428. The molecule has 0 spiro atoms. The SMILES string of the molecule is COC1CCN(C(=O)CCCN2C(=O)c3cccc([N+](=O)[O-])c3C2=O)C1. The summed E-state index contributed by atoms with van der Waals surface area (Å²) in [7, 11) is 1.61. The van der Waals surface area contributed by atoms with Gasteiger partial charge in [0.15, 0.2) is 0 Å². The van der Waals surface area contributed by atoms with Gasteiger partial charge in [0.1, 0.15) is 5.56 Å². The number of methoxy groups -OCH3 is 1. The zero-order valence-electron chi connectivity index (χ0n) is 14.3. The second-order valence-corrected chi connectivity index (χ2v) is 6.31. The van der Waals surface area contributed by atoms with E-state index in [1.165, 1.54) is 18.2 Å². The molecule has 1 fully saturated rings. The lowest BCUT2D eigenvalue weighted by atomic mass is 10.1. The first-order valence-corrected chi connectivity index (χ1v) is 8.38. The summed E-state index contributed by atoms with van der Waals surface area (Å²) in [6.07, 6.45) is 1.36. The summed E-state index contributed by atoms with van der Waals surface area (Å²) in [4.78, 5) is 50.1. The normalized spacial score (nSPS) is 19.2. The average molecular weight is 361 g/mol. The third-order valence-electron chi connectivity index (χ3n) is 4.78. The molecule has 3 rings (SSSR count). The number of hydrogen-bond donors (Lipinski definition) is 0. The predicted octanol–water partition coefficient (Wildman–Crippen LogP) is 1.22. The average Bonchev–Trinajstić information content (AvgIpc) is 3.20. The number of nitro groups is 1. The molecule has 0 N–H and O–H groups in total. The predicted molar refractivity (Wildman–Crippen MR) is 89.7 cm³/mol. The van der Waals surface area contributed by atoms with Gasteiger partial charge in [-0.25, -0.2) is 0 Å². The Kier molecular flexibility index (Phi) is 4.99. The molecule has 26 heavy (non-hydrogen) atoms. The van der Waals surface area contributed by atoms with Crippen molar-refractivity contribution in [2.75, 3.05) is 26.7 Å². The molecule has 2 aliphatic rings. The molecular formula is C17H19N3O6. The fraction of sp³-hybridized carbons (Fsp3) is 0.471. The van der Waals surface area contributed by atoms with Crippen molar-refractivity contribution in [3.05, 3.63) is 39.4 Å². The lowest BCUT2D eigenvalue weighted by molar-refractivity contribution is -0.385. The number of carbonyl (C=O) groups is 3. The van der Waals surface area contributed by atoms with Gasteiger partial charge in [-0.2, -0.15) is 0 Å². The Labute approximate surface area is 149 Å². The van der Waals surface area contributed by atoms with Gasteiger partial charge in [-0.3, -0.25) is 29.4 Å². The van der Waals surface area contributed by atoms with Crippen molar-refractivity contribution in [2.24, 2.45) is 0 Å². The van der Waals surface area contributed by atoms with Crippen LogP contribution in [0.4, 0.5) is 5.69 Å². The van der Waals surface area contributed by atoms with Crippen molar-refractivity contribution < 1.29 is 24.0 Å². The molecule has 0 aromatic heterocycles. The van der Waals surface area contributed by atoms with Gasteiger partial charge in [-0.1, -0.05) is 6.07 Å². The summed E-state index contributed by atoms with van der Waals surface area (Å²) in [6.45, 7) is 1.24. The van der Waals surface area contributed by atoms with Gasteiger partial charge in [-0.15, -0.1) is 0 Å². The number of amides is 3. The van der Waals surface area contributed by atoms with E-state index in [1.807, 2.05) is 0 Å². The molecule has 138 valence electrons. The van der Waals surface area contributed by atoms with E-state index in [4.69, 9.17) is 4.74 Å². The summed E-state index contributed by atoms with van der Waals surface area (Å²) in [6, 6.07) is 3.99. The fourth-order valence-electron chi connectivity index (χ4n) is 3.36. The Morgan fingerprint density at radius 3 is 2.77 bits per heavy atom. The lowest BCUT2D eigenvalue weighted by Gasteiger charge is -2.17. The minimum Gasteiger partial charge on any atom is -0.380 e. The van der Waals surface area contributed by atoms with Crippen molar-refractivity contribution in [1.29, 1.82) is 0 Å². The van der Waals surface area contributed by atoms with E-state index < -0.39 is 16.7 Å². The standard InChI is InChI=1S/C17H19N3O6/c1-26-11-7-9-18(10-11)14(21)6-3-8-19-16(22)12-4-2-5-13(20(24)25)15(12)17(19)23/h2,4-5,11H,3,6-10H2,1H3. The maximum atomic E-state index is 12.4. The Morgan fingerprint density at radius 2 is 2.12 bits per heavy atom. The smallest absolute Gasteiger partial charge is 0.282 e. The Hall–Kier alpha value is -2.81. The van der Waals surface area contributed by atoms with Crippen molar-refractivity contribution in [3.63, 3.8) is 0 Å². The van der Waals surface area contributed by atoms with Gasteiger partial charge in [0.05, 0.1) is 16.6 Å². The third-order valence-corrected chi connectivity index (χ3v) is 4.78. The van der Waals surface area contributed by atoms with Gasteiger partial charge < -0.3 is 9.64 Å². The fourth-order valence-corrected chi connectivity index (χ4v) is 3.36. The molecule has 1 saturated heterocycles. The van der Waals surface area contributed by atoms with E-state index in [0.717, 1.165) is 11.3 Å². The van der Waals surface area contributed by atoms with Crippen molar-refractivity contribution in [1.82, 2.24) is 9.80 Å². The Balaban J connectivity index is 1.61. The molecule has 2 aliphatic heterocycles. The topological polar surface area (TPSA) is 110 Å². The molecular weight excluding hydrogens is 342 g/mol. The highest BCUT2D eigenvalue weighted by molar-refractivity contribution is 6.23. The molecule has 0 aliphatic carbocycles. The molecule has 0 saturated carbocycles. The van der Waals surface area contributed by atoms with E-state index in [9.17, 15) is 24.5 Å². The van der Waals surface area contributed by atoms with Crippen molar-refractivity contribution in [3.8, 4) is 0 Å². The van der Waals surface area contributed by atoms with Crippen LogP contribution in [0.3, 0.4) is 0 Å². The van der Waals surface area contributed by atoms with Gasteiger partial charge in [0.25, 0.3) is 17.5 Å². The number of nitrogens with zero attached hydrogens (tertiary/aromatic N) is 3. The second-order valence-electron chi connectivity index (χ2n) is 6.31. The summed E-state index contributed by atoms with van der Waals surface area (Å²) < 4.78 is 5.23. The maximum absolute atomic E-state index is 12.4. The van der Waals surface area contributed by atoms with Crippen LogP contribution in [0.1, 0.15) is 40.0 Å². The summed E-state index contributed by atoms with van der Waals surface area (Å²) in [5, 5.41) is 11.1. The zero-order valence-corrected chi connectivity index (χ0v) is 14.3. The molecule has 1 aromatic carbocycles. The molecule has 0 bridgehead atoms. The molecule has 1 atom stereocenters. The first-order valence-electron chi connectivity index (χ1n) is 8.38. The van der Waals surface area contributed by atoms with E-state index in [2.05, 4.69) is 0 Å². The monoisotopic (exact) mass is 361 g/mol. The molecule has 9 nitrogen and oxygen atoms in total. The molecule has 0 radical (unpaired) electrons. The van der Waals surface area contributed by atoms with Crippen LogP contribution < -0.4 is 0 Å². The van der Waals surface area contributed by atoms with Gasteiger partial charge in [0, 0.05) is 39.2 Å². The van der Waals surface area contributed by atoms with Crippen LogP contribution >= 0.6 is 0 Å². The van der Waals surface area contributed by atoms with Crippen LogP contribution in [0.15, 0.2) is 18.2 Å². The van der Waals surface area contributed by atoms with Crippen LogP contribution in [-0.2, 0) is 9.53 Å². The molecule has 2 heterocycles. The van der Waals surface area contributed by atoms with Crippen LogP contribution in [0, 0.1) is 10.1 Å². The van der Waals surface area contributed by atoms with E-state index in [-0.39, 0.29) is 41.8 Å². The second kappa shape index (κ2) is 7.20. The first-order chi connectivity index (χ1) is 12.4. The first kappa shape index (κ1) is 18.0. The molecule has 1 aromatic rings. The van der Waals surface area contributed by atoms with Crippen molar-refractivity contribution in [2.45, 2.75) is 25.4 Å². The van der Waals surface area contributed by atoms with Gasteiger partial charge in [-0.05, 0) is 18.9 Å². The van der Waals surface area contributed by atoms with Crippen LogP contribution in [0.2, 0.25) is 0 Å². The summed E-state index contributed by atoms with van der Waals surface area (Å²) in [5.41, 5.74) is -0.503. The number of rotatable bonds is 6. The molecule has 3 amide bonds. The number of ether oxygens (including phenoxy) is 1. The number of nitro benzene ring substituents is 1. The number of hydrogen-bond acceptors (Lipinski definition) is 6. The number of likely N-dealkylation sites (tertiary alicyclic amines) is 1. The van der Waals surface area contributed by atoms with Crippen LogP contribution in [0.5, 0.6) is 0 Å². The molecule has 9 heteroatoms. The van der Waals surface area contributed by atoms with Crippen molar-refractivity contribution >= 4 is 23.4 Å². The Morgan fingerprint density at radius 1 is 1.35 bits per heavy atom. The Bertz CT molecular complexity index is 778. The van der Waals surface area contributed by atoms with E-state index in [0.29, 0.717) is 19.5 Å². The number of imide groups is 1. The lowest BCUT2D eigenvalue weighted by Crippen LogP contribution is -2.33. The highest BCUT2D eigenvalue weighted by Gasteiger charge is 2.40. The molecule has 1 unspecified atom stereocenters. The van der Waals surface area contributed by atoms with Crippen LogP contribution in [-0.4, -0.2) is 65.3 Å². The van der Waals surface area contributed by atoms with Gasteiger partial charge in [0.2, 0.25) is 5.91 Å². The number of carbonyl (C=O) groups excluding carboxylic acids is 3. The highest BCUT2D eigenvalue weighted by Crippen LogP contribution is 2.30. The summed E-state index contributed by atoms with van der Waals surface area (Å²) >= 11 is 0. The minimum absolute atomic E-state index is 0.0398. The summed E-state index contributed by atoms with van der Waals surface area (Å²) in [5.74, 6) is -1.28. The number of benzene rings is 1. The van der Waals surface area contributed by atoms with E-state index >= 15 is 0 Å². The maximum Gasteiger partial charge on any atom is 0.282 e. The highest BCUT2D eigenvalue weighted by atomic mass is 16.6. The third kappa shape index (κ3) is 3.17. The minimum atomic E-state index is -0.676. The van der Waals surface area contributed by atoms with Crippen LogP contribution in [0.25, 0.3) is 0 Å². The van der Waals surface area contributed by atoms with Gasteiger partial charge >= 0.3 is 0 Å². The number of fused-ring (bicyclic) bond motifs is 1. The zero-order chi connectivity index (χ0) is 18.8. The van der Waals surface area contributed by atoms with E-state index in [1.54, 1.807) is 12.0 Å². The largest absolute Gasteiger partial charge is 0.380 e.